The van der Waals surface area contributed by atoms with Crippen molar-refractivity contribution in [3.63, 3.8) is 0 Å². The van der Waals surface area contributed by atoms with E-state index in [1.165, 1.54) is 18.2 Å². The maximum Gasteiger partial charge on any atom is 0.339 e. The Bertz CT molecular complexity index is 933. The van der Waals surface area contributed by atoms with Crippen molar-refractivity contribution in [1.29, 1.82) is 0 Å². The first kappa shape index (κ1) is 13.6. The number of carboxylic acids is 1. The summed E-state index contributed by atoms with van der Waals surface area (Å²) in [4.78, 5) is 29.6. The van der Waals surface area contributed by atoms with Crippen molar-refractivity contribution in [3.8, 4) is 5.75 Å². The van der Waals surface area contributed by atoms with Crippen LogP contribution < -0.4 is 10.9 Å². The molecule has 0 fully saturated rings. The predicted molar refractivity (Wildman–Crippen MR) is 80.7 cm³/mol. The van der Waals surface area contributed by atoms with Gasteiger partial charge in [-0.2, -0.15) is 0 Å². The fraction of sp³-hybridized carbons (Fsp3) is 0. The number of fused-ring (bicyclic) bond motifs is 1. The Kier molecular flexibility index (Phi) is 3.23. The summed E-state index contributed by atoms with van der Waals surface area (Å²) in [6.45, 7) is 0. The molecule has 0 atom stereocenters. The summed E-state index contributed by atoms with van der Waals surface area (Å²) >= 11 is 0. The van der Waals surface area contributed by atoms with Crippen molar-refractivity contribution in [3.05, 3.63) is 58.4 Å². The number of carbonyl (C=O) groups is 1. The number of hydrogen-bond donors (Lipinski definition) is 4. The Balaban J connectivity index is 1.98. The Labute approximate surface area is 123 Å². The minimum atomic E-state index is -1.22. The second kappa shape index (κ2) is 5.21. The van der Waals surface area contributed by atoms with Crippen LogP contribution in [0.5, 0.6) is 5.75 Å². The van der Waals surface area contributed by atoms with Gasteiger partial charge >= 0.3 is 5.97 Å². The Hall–Kier alpha value is -3.35. The number of rotatable bonds is 3. The number of aromatic amines is 1. The summed E-state index contributed by atoms with van der Waals surface area (Å²) < 4.78 is 0. The molecule has 0 radical (unpaired) electrons. The zero-order chi connectivity index (χ0) is 15.7. The fourth-order valence-electron chi connectivity index (χ4n) is 2.07. The van der Waals surface area contributed by atoms with Crippen LogP contribution in [0.3, 0.4) is 0 Å². The minimum absolute atomic E-state index is 0.200. The van der Waals surface area contributed by atoms with Gasteiger partial charge in [-0.15, -0.1) is 0 Å². The van der Waals surface area contributed by atoms with E-state index in [2.05, 4.69) is 15.3 Å². The molecule has 0 saturated carbocycles. The number of para-hydroxylation sites is 1. The van der Waals surface area contributed by atoms with Crippen molar-refractivity contribution in [1.82, 2.24) is 9.97 Å². The highest BCUT2D eigenvalue weighted by molar-refractivity contribution is 5.91. The van der Waals surface area contributed by atoms with Crippen LogP contribution in [0.2, 0.25) is 0 Å². The zero-order valence-electron chi connectivity index (χ0n) is 11.2. The molecular formula is C15H11N3O4. The number of carboxylic acid groups (broad SMARTS) is 1. The van der Waals surface area contributed by atoms with Crippen molar-refractivity contribution >= 4 is 28.5 Å². The molecule has 0 aliphatic carbocycles. The number of hydrogen-bond acceptors (Lipinski definition) is 5. The number of benzene rings is 2. The second-order valence-corrected chi connectivity index (χ2v) is 4.59. The Morgan fingerprint density at radius 1 is 1.18 bits per heavy atom. The van der Waals surface area contributed by atoms with Crippen LogP contribution >= 0.6 is 0 Å². The average molecular weight is 297 g/mol. The summed E-state index contributed by atoms with van der Waals surface area (Å²) in [7, 11) is 0. The first-order valence-electron chi connectivity index (χ1n) is 6.37. The third kappa shape index (κ3) is 2.47. The summed E-state index contributed by atoms with van der Waals surface area (Å²) in [6.07, 6.45) is 0. The van der Waals surface area contributed by atoms with Gasteiger partial charge in [0.2, 0.25) is 5.95 Å². The SMILES string of the molecule is O=C(O)c1ccc(Nc2nc3ccccc3c(=O)[nH]2)cc1O. The molecule has 0 amide bonds. The maximum absolute atomic E-state index is 11.9. The monoisotopic (exact) mass is 297 g/mol. The van der Waals surface area contributed by atoms with Gasteiger partial charge in [-0.25, -0.2) is 9.78 Å². The Morgan fingerprint density at radius 2 is 1.95 bits per heavy atom. The molecule has 3 aromatic rings. The number of nitrogens with zero attached hydrogens (tertiary/aromatic N) is 1. The van der Waals surface area contributed by atoms with E-state index in [4.69, 9.17) is 5.11 Å². The summed E-state index contributed by atoms with van der Waals surface area (Å²) in [5, 5.41) is 21.8. The van der Waals surface area contributed by atoms with E-state index < -0.39 is 5.97 Å². The molecule has 0 spiro atoms. The highest BCUT2D eigenvalue weighted by Crippen LogP contribution is 2.23. The molecule has 0 aliphatic heterocycles. The lowest BCUT2D eigenvalue weighted by atomic mass is 10.2. The van der Waals surface area contributed by atoms with Gasteiger partial charge in [0.05, 0.1) is 10.9 Å². The van der Waals surface area contributed by atoms with E-state index in [1.807, 2.05) is 0 Å². The lowest BCUT2D eigenvalue weighted by Crippen LogP contribution is -2.11. The molecule has 0 unspecified atom stereocenters. The van der Waals surface area contributed by atoms with E-state index in [0.29, 0.717) is 16.6 Å². The van der Waals surface area contributed by atoms with E-state index in [0.717, 1.165) is 0 Å². The number of aromatic carboxylic acids is 1. The maximum atomic E-state index is 11.9. The molecule has 4 N–H and O–H groups in total. The fourth-order valence-corrected chi connectivity index (χ4v) is 2.07. The van der Waals surface area contributed by atoms with E-state index >= 15 is 0 Å². The van der Waals surface area contributed by atoms with Gasteiger partial charge in [0.25, 0.3) is 5.56 Å². The second-order valence-electron chi connectivity index (χ2n) is 4.59. The number of nitrogens with one attached hydrogen (secondary N) is 2. The number of anilines is 2. The van der Waals surface area contributed by atoms with Gasteiger partial charge in [-0.1, -0.05) is 12.1 Å². The molecule has 1 heterocycles. The lowest BCUT2D eigenvalue weighted by molar-refractivity contribution is 0.0694. The molecule has 3 rings (SSSR count). The van der Waals surface area contributed by atoms with Crippen LogP contribution in [0.15, 0.2) is 47.3 Å². The van der Waals surface area contributed by atoms with Gasteiger partial charge < -0.3 is 15.5 Å². The molecule has 110 valence electrons. The Morgan fingerprint density at radius 3 is 2.68 bits per heavy atom. The van der Waals surface area contributed by atoms with Crippen LogP contribution in [0.25, 0.3) is 10.9 Å². The molecule has 22 heavy (non-hydrogen) atoms. The highest BCUT2D eigenvalue weighted by Gasteiger charge is 2.10. The van der Waals surface area contributed by atoms with Gasteiger partial charge in [-0.3, -0.25) is 9.78 Å². The molecule has 2 aromatic carbocycles. The first-order valence-corrected chi connectivity index (χ1v) is 6.37. The number of aromatic hydroxyl groups is 1. The first-order chi connectivity index (χ1) is 10.5. The van der Waals surface area contributed by atoms with Crippen molar-refractivity contribution in [2.24, 2.45) is 0 Å². The van der Waals surface area contributed by atoms with Gasteiger partial charge in [0, 0.05) is 11.8 Å². The smallest absolute Gasteiger partial charge is 0.339 e. The summed E-state index contributed by atoms with van der Waals surface area (Å²) in [5.74, 6) is -1.40. The molecule has 0 bridgehead atoms. The van der Waals surface area contributed by atoms with E-state index in [1.54, 1.807) is 24.3 Å². The van der Waals surface area contributed by atoms with Crippen LogP contribution in [0, 0.1) is 0 Å². The summed E-state index contributed by atoms with van der Waals surface area (Å²) in [6, 6.07) is 10.9. The van der Waals surface area contributed by atoms with Crippen molar-refractivity contribution < 1.29 is 15.0 Å². The van der Waals surface area contributed by atoms with E-state index in [9.17, 15) is 14.7 Å². The highest BCUT2D eigenvalue weighted by atomic mass is 16.4. The topological polar surface area (TPSA) is 115 Å². The largest absolute Gasteiger partial charge is 0.507 e. The van der Waals surface area contributed by atoms with Crippen molar-refractivity contribution in [2.45, 2.75) is 0 Å². The van der Waals surface area contributed by atoms with Gasteiger partial charge in [-0.05, 0) is 24.3 Å². The molecule has 1 aromatic heterocycles. The van der Waals surface area contributed by atoms with E-state index in [-0.39, 0.29) is 22.8 Å². The van der Waals surface area contributed by atoms with Crippen molar-refractivity contribution in [2.75, 3.05) is 5.32 Å². The molecule has 0 aliphatic rings. The lowest BCUT2D eigenvalue weighted by Gasteiger charge is -2.08. The zero-order valence-corrected chi connectivity index (χ0v) is 11.2. The third-order valence-electron chi connectivity index (χ3n) is 3.10. The number of phenols is 1. The average Bonchev–Trinajstić information content (AvgIpc) is 2.47. The van der Waals surface area contributed by atoms with Crippen LogP contribution in [0.1, 0.15) is 10.4 Å². The van der Waals surface area contributed by atoms with Crippen LogP contribution in [-0.4, -0.2) is 26.2 Å². The predicted octanol–water partition coefficient (Wildman–Crippen LogP) is 2.07. The quantitative estimate of drug-likeness (QED) is 0.588. The minimum Gasteiger partial charge on any atom is -0.507 e. The summed E-state index contributed by atoms with van der Waals surface area (Å²) in [5.41, 5.74) is 0.436. The molecule has 7 heteroatoms. The molecular weight excluding hydrogens is 286 g/mol. The van der Waals surface area contributed by atoms with Gasteiger partial charge in [0.15, 0.2) is 0 Å². The number of H-pyrrole nitrogens is 1. The molecule has 0 saturated heterocycles. The number of aromatic nitrogens is 2. The van der Waals surface area contributed by atoms with Crippen LogP contribution in [0.4, 0.5) is 11.6 Å². The van der Waals surface area contributed by atoms with Gasteiger partial charge in [0.1, 0.15) is 11.3 Å². The third-order valence-corrected chi connectivity index (χ3v) is 3.10. The van der Waals surface area contributed by atoms with Crippen LogP contribution in [-0.2, 0) is 0 Å². The standard InChI is InChI=1S/C15H11N3O4/c19-12-7-8(5-6-10(12)14(21)22)16-15-17-11-4-2-1-3-9(11)13(20)18-15/h1-7,19H,(H,21,22)(H2,16,17,18,20). The normalized spacial score (nSPS) is 10.5. The molecule has 7 nitrogen and oxygen atoms in total.